The van der Waals surface area contributed by atoms with Crippen LogP contribution < -0.4 is 0 Å². The lowest BCUT2D eigenvalue weighted by molar-refractivity contribution is -0.207. The number of aromatic nitrogens is 2. The number of piperidine rings is 2. The number of aliphatic hydroxyl groups is 1. The molecule has 1 N–H and O–H groups in total. The van der Waals surface area contributed by atoms with E-state index in [0.717, 1.165) is 25.7 Å². The quantitative estimate of drug-likeness (QED) is 0.579. The molecule has 224 valence electrons. The van der Waals surface area contributed by atoms with Crippen molar-refractivity contribution in [3.63, 3.8) is 0 Å². The highest BCUT2D eigenvalue weighted by atomic mass is 19.4. The molecule has 1 aromatic rings. The number of hydrogen-bond acceptors (Lipinski definition) is 8. The Morgan fingerprint density at radius 2 is 1.80 bits per heavy atom. The topological polar surface area (TPSA) is 118 Å². The Morgan fingerprint density at radius 3 is 2.35 bits per heavy atom. The second-order valence-corrected chi connectivity index (χ2v) is 12.9. The number of hydrogen-bond donors (Lipinski definition) is 1. The van der Waals surface area contributed by atoms with Crippen molar-refractivity contribution >= 4 is 12.0 Å². The third kappa shape index (κ3) is 5.31. The molecular formula is C27H39F3N4O6. The minimum absolute atomic E-state index is 0.0245. The van der Waals surface area contributed by atoms with E-state index in [9.17, 15) is 27.9 Å². The van der Waals surface area contributed by atoms with E-state index in [4.69, 9.17) is 14.0 Å². The lowest BCUT2D eigenvalue weighted by Gasteiger charge is -2.54. The second-order valence-electron chi connectivity index (χ2n) is 12.9. The van der Waals surface area contributed by atoms with Gasteiger partial charge in [0.15, 0.2) is 5.82 Å². The van der Waals surface area contributed by atoms with Crippen LogP contribution in [0.25, 0.3) is 0 Å². The number of alkyl halides is 3. The summed E-state index contributed by atoms with van der Waals surface area (Å²) in [4.78, 5) is 33.8. The minimum atomic E-state index is -4.66. The number of likely N-dealkylation sites (tertiary alicyclic amines) is 2. The highest BCUT2D eigenvalue weighted by Gasteiger charge is 2.61. The molecule has 1 aromatic heterocycles. The summed E-state index contributed by atoms with van der Waals surface area (Å²) in [5.74, 6) is -0.991. The molecule has 5 rings (SSSR count). The van der Waals surface area contributed by atoms with Crippen LogP contribution in [0.1, 0.15) is 89.8 Å². The molecule has 13 heteroatoms. The number of carbonyl (C=O) groups is 2. The number of amides is 2. The van der Waals surface area contributed by atoms with E-state index in [1.807, 2.05) is 0 Å². The van der Waals surface area contributed by atoms with Gasteiger partial charge in [-0.2, -0.15) is 18.2 Å². The predicted molar refractivity (Wildman–Crippen MR) is 134 cm³/mol. The summed E-state index contributed by atoms with van der Waals surface area (Å²) in [5.41, 5.74) is -3.62. The molecule has 2 amide bonds. The Bertz CT molecular complexity index is 1080. The summed E-state index contributed by atoms with van der Waals surface area (Å²) in [7, 11) is 0. The maximum Gasteiger partial charge on any atom is 0.410 e. The van der Waals surface area contributed by atoms with Crippen LogP contribution in [-0.2, 0) is 19.7 Å². The molecule has 4 aliphatic rings. The number of rotatable bonds is 3. The van der Waals surface area contributed by atoms with Crippen molar-refractivity contribution in [2.75, 3.05) is 32.8 Å². The number of aliphatic hydroxyl groups excluding tert-OH is 1. The summed E-state index contributed by atoms with van der Waals surface area (Å²) in [6.45, 7) is 5.88. The van der Waals surface area contributed by atoms with Crippen LogP contribution >= 0.6 is 0 Å². The molecule has 4 fully saturated rings. The van der Waals surface area contributed by atoms with E-state index in [1.54, 1.807) is 20.8 Å². The molecular weight excluding hydrogens is 533 g/mol. The Balaban J connectivity index is 1.33. The Kier molecular flexibility index (Phi) is 7.60. The predicted octanol–water partition coefficient (Wildman–Crippen LogP) is 3.93. The fourth-order valence-corrected chi connectivity index (χ4v) is 6.50. The Hall–Kier alpha value is -2.41. The van der Waals surface area contributed by atoms with Crippen molar-refractivity contribution < 1.29 is 41.9 Å². The third-order valence-corrected chi connectivity index (χ3v) is 9.13. The van der Waals surface area contributed by atoms with Gasteiger partial charge in [-0.05, 0) is 59.3 Å². The fourth-order valence-electron chi connectivity index (χ4n) is 6.50. The molecule has 10 nitrogen and oxygen atoms in total. The van der Waals surface area contributed by atoms with Gasteiger partial charge in [-0.3, -0.25) is 9.69 Å². The lowest BCUT2D eigenvalue weighted by Crippen LogP contribution is -2.65. The average molecular weight is 573 g/mol. The number of carbonyl (C=O) groups excluding carboxylic acids is 2. The zero-order chi connectivity index (χ0) is 28.9. The van der Waals surface area contributed by atoms with Crippen LogP contribution in [0.3, 0.4) is 0 Å². The molecule has 1 spiro atoms. The van der Waals surface area contributed by atoms with Crippen LogP contribution in [0.5, 0.6) is 0 Å². The highest BCUT2D eigenvalue weighted by molar-refractivity contribution is 5.86. The van der Waals surface area contributed by atoms with Crippen molar-refractivity contribution in [2.45, 2.75) is 107 Å². The van der Waals surface area contributed by atoms with Gasteiger partial charge >= 0.3 is 12.3 Å². The van der Waals surface area contributed by atoms with Crippen LogP contribution in [0, 0.1) is 5.41 Å². The zero-order valence-electron chi connectivity index (χ0n) is 23.3. The number of nitrogens with zero attached hydrogens (tertiary/aromatic N) is 4. The van der Waals surface area contributed by atoms with Gasteiger partial charge in [0.05, 0.1) is 18.6 Å². The molecule has 0 aromatic carbocycles. The molecule has 0 radical (unpaired) electrons. The molecule has 3 atom stereocenters. The molecule has 3 saturated heterocycles. The second kappa shape index (κ2) is 10.5. The van der Waals surface area contributed by atoms with Crippen LogP contribution in [0.15, 0.2) is 4.52 Å². The Labute approximate surface area is 231 Å². The van der Waals surface area contributed by atoms with Gasteiger partial charge in [0.2, 0.25) is 11.8 Å². The van der Waals surface area contributed by atoms with E-state index < -0.39 is 65.4 Å². The van der Waals surface area contributed by atoms with Crippen molar-refractivity contribution in [2.24, 2.45) is 5.41 Å². The number of halogens is 3. The molecule has 1 aliphatic carbocycles. The summed E-state index contributed by atoms with van der Waals surface area (Å²) in [6.07, 6.45) is -3.07. The van der Waals surface area contributed by atoms with Crippen molar-refractivity contribution in [3.8, 4) is 0 Å². The normalized spacial score (nSPS) is 28.7. The third-order valence-electron chi connectivity index (χ3n) is 9.13. The molecule has 1 unspecified atom stereocenters. The maximum absolute atomic E-state index is 14.6. The zero-order valence-corrected chi connectivity index (χ0v) is 23.3. The monoisotopic (exact) mass is 572 g/mol. The van der Waals surface area contributed by atoms with Crippen molar-refractivity contribution in [1.82, 2.24) is 19.9 Å². The van der Waals surface area contributed by atoms with E-state index in [-0.39, 0.29) is 37.9 Å². The first kappa shape index (κ1) is 29.1. The number of ether oxygens (including phenoxy) is 2. The minimum Gasteiger partial charge on any atom is -0.444 e. The van der Waals surface area contributed by atoms with Gasteiger partial charge < -0.3 is 24.0 Å². The average Bonchev–Trinajstić information content (AvgIpc) is 3.37. The largest absolute Gasteiger partial charge is 0.444 e. The first-order valence-electron chi connectivity index (χ1n) is 14.2. The van der Waals surface area contributed by atoms with Gasteiger partial charge in [0.25, 0.3) is 0 Å². The summed E-state index contributed by atoms with van der Waals surface area (Å²) < 4.78 is 60.0. The summed E-state index contributed by atoms with van der Waals surface area (Å²) >= 11 is 0. The molecule has 0 bridgehead atoms. The molecule has 3 aliphatic heterocycles. The van der Waals surface area contributed by atoms with Gasteiger partial charge in [0, 0.05) is 38.1 Å². The summed E-state index contributed by atoms with van der Waals surface area (Å²) in [6, 6.07) is -1.02. The highest BCUT2D eigenvalue weighted by Crippen LogP contribution is 2.50. The van der Waals surface area contributed by atoms with E-state index in [1.165, 1.54) is 9.80 Å². The first-order valence-corrected chi connectivity index (χ1v) is 14.2. The Morgan fingerprint density at radius 1 is 1.10 bits per heavy atom. The van der Waals surface area contributed by atoms with Crippen molar-refractivity contribution in [3.05, 3.63) is 11.7 Å². The fraction of sp³-hybridized carbons (Fsp3) is 0.852. The van der Waals surface area contributed by atoms with Gasteiger partial charge in [0.1, 0.15) is 17.1 Å². The van der Waals surface area contributed by atoms with Crippen LogP contribution in [0.4, 0.5) is 18.0 Å². The maximum atomic E-state index is 14.6. The molecule has 1 saturated carbocycles. The van der Waals surface area contributed by atoms with Gasteiger partial charge in [-0.15, -0.1) is 0 Å². The summed E-state index contributed by atoms with van der Waals surface area (Å²) in [5, 5.41) is 14.7. The van der Waals surface area contributed by atoms with Crippen LogP contribution in [0.2, 0.25) is 0 Å². The van der Waals surface area contributed by atoms with Gasteiger partial charge in [-0.1, -0.05) is 11.6 Å². The van der Waals surface area contributed by atoms with Crippen LogP contribution in [-0.4, -0.2) is 93.8 Å². The standard InChI is InChI=1S/C27H39F3N4O6/c1-24(2,3)39-23(37)34-16-25(7-5-8-25)19(35)14-18(34)21(36)33-11-9-26(10-12-33,27(28,29)30)22-31-20(40-32-22)17-6-4-13-38-15-17/h17-19,35H,4-16H2,1-3H3/t17?,18-,19+/m0/s1. The molecule has 40 heavy (non-hydrogen) atoms. The smallest absolute Gasteiger partial charge is 0.410 e. The van der Waals surface area contributed by atoms with E-state index in [2.05, 4.69) is 10.1 Å². The van der Waals surface area contributed by atoms with E-state index >= 15 is 0 Å². The van der Waals surface area contributed by atoms with E-state index in [0.29, 0.717) is 19.6 Å². The van der Waals surface area contributed by atoms with Gasteiger partial charge in [-0.25, -0.2) is 4.79 Å². The lowest BCUT2D eigenvalue weighted by atomic mass is 9.61. The first-order chi connectivity index (χ1) is 18.7. The van der Waals surface area contributed by atoms with Crippen molar-refractivity contribution in [1.29, 1.82) is 0 Å². The molecule has 4 heterocycles. The SMILES string of the molecule is CC(C)(C)OC(=O)N1CC2(CCC2)[C@H](O)C[C@H]1C(=O)N1CCC(c2noc(C3CCCOC3)n2)(C(F)(F)F)CC1.